The molecule has 0 spiro atoms. The minimum atomic E-state index is -3.95. The van der Waals surface area contributed by atoms with Crippen LogP contribution in [0, 0.1) is 0 Å². The Morgan fingerprint density at radius 2 is 1.21 bits per heavy atom. The lowest BCUT2D eigenvalue weighted by molar-refractivity contribution is 0.00791. The molecule has 0 unspecified atom stereocenters. The highest BCUT2D eigenvalue weighted by Crippen LogP contribution is 2.48. The zero-order chi connectivity index (χ0) is 29.0. The summed E-state index contributed by atoms with van der Waals surface area (Å²) >= 11 is 0. The molecule has 2 aliphatic rings. The lowest BCUT2D eigenvalue weighted by Crippen LogP contribution is -2.46. The number of nitrogens with two attached hydrogens (primary N) is 1. The summed E-state index contributed by atoms with van der Waals surface area (Å²) in [7, 11) is -3.95. The molecular weight excluding hydrogens is 542 g/mol. The first-order valence-electron chi connectivity index (χ1n) is 14.9. The average molecular weight is 582 g/mol. The van der Waals surface area contributed by atoms with Crippen molar-refractivity contribution < 1.29 is 13.2 Å². The maximum Gasteiger partial charge on any atom is 0.238 e. The number of nitrogens with zero attached hydrogens (tertiary/aromatic N) is 1. The van der Waals surface area contributed by atoms with E-state index >= 15 is 0 Å². The van der Waals surface area contributed by atoms with Crippen molar-refractivity contribution in [3.05, 3.63) is 131 Å². The van der Waals surface area contributed by atoms with Crippen LogP contribution < -0.4 is 10.5 Å². The van der Waals surface area contributed by atoms with Gasteiger partial charge in [-0.2, -0.15) is 0 Å². The van der Waals surface area contributed by atoms with Crippen molar-refractivity contribution >= 4 is 15.7 Å². The van der Waals surface area contributed by atoms with Gasteiger partial charge in [-0.25, -0.2) is 13.6 Å². The Labute approximate surface area is 249 Å². The normalized spacial score (nSPS) is 20.2. The van der Waals surface area contributed by atoms with E-state index in [4.69, 9.17) is 9.88 Å². The Bertz CT molecular complexity index is 1470. The number of ether oxygens (including phenoxy) is 1. The van der Waals surface area contributed by atoms with Gasteiger partial charge in [0.15, 0.2) is 0 Å². The summed E-state index contributed by atoms with van der Waals surface area (Å²) in [5.41, 5.74) is 4.15. The summed E-state index contributed by atoms with van der Waals surface area (Å²) < 4.78 is 31.1. The van der Waals surface area contributed by atoms with Crippen LogP contribution in [-0.2, 0) is 20.2 Å². The second kappa shape index (κ2) is 12.4. The van der Waals surface area contributed by atoms with Crippen LogP contribution in [0.15, 0.2) is 114 Å². The molecular formula is C35H39N3O3S. The van der Waals surface area contributed by atoms with Crippen LogP contribution in [0.1, 0.15) is 47.9 Å². The maximum absolute atomic E-state index is 12.8. The Morgan fingerprint density at radius 3 is 1.69 bits per heavy atom. The highest BCUT2D eigenvalue weighted by atomic mass is 32.2. The molecule has 7 heteroatoms. The van der Waals surface area contributed by atoms with Crippen LogP contribution in [0.4, 0.5) is 5.69 Å². The number of morpholine rings is 1. The van der Waals surface area contributed by atoms with Gasteiger partial charge in [0.2, 0.25) is 10.0 Å². The fourth-order valence-electron chi connectivity index (χ4n) is 6.92. The van der Waals surface area contributed by atoms with E-state index < -0.39 is 15.4 Å². The number of nitrogens with one attached hydrogen (secondary N) is 1. The molecule has 1 aliphatic carbocycles. The van der Waals surface area contributed by atoms with Crippen molar-refractivity contribution in [3.63, 3.8) is 0 Å². The number of benzene rings is 4. The minimum Gasteiger partial charge on any atom is -0.382 e. The van der Waals surface area contributed by atoms with Crippen molar-refractivity contribution in [2.75, 3.05) is 31.6 Å². The molecule has 1 heterocycles. The van der Waals surface area contributed by atoms with Gasteiger partial charge >= 0.3 is 0 Å². The van der Waals surface area contributed by atoms with Crippen molar-refractivity contribution in [1.29, 1.82) is 0 Å². The lowest BCUT2D eigenvalue weighted by atomic mass is 9.64. The van der Waals surface area contributed by atoms with E-state index in [9.17, 15) is 8.42 Å². The van der Waals surface area contributed by atoms with E-state index in [0.717, 1.165) is 79.9 Å². The molecule has 4 aromatic carbocycles. The van der Waals surface area contributed by atoms with Crippen LogP contribution >= 0.6 is 0 Å². The summed E-state index contributed by atoms with van der Waals surface area (Å²) in [6, 6.07) is 37.2. The first-order chi connectivity index (χ1) is 20.5. The van der Waals surface area contributed by atoms with Crippen LogP contribution in [0.2, 0.25) is 0 Å². The Morgan fingerprint density at radius 1 is 0.714 bits per heavy atom. The van der Waals surface area contributed by atoms with Crippen molar-refractivity contribution in [2.45, 2.75) is 48.1 Å². The smallest absolute Gasteiger partial charge is 0.238 e. The number of hydrogen-bond donors (Lipinski definition) is 2. The predicted molar refractivity (Wildman–Crippen MR) is 168 cm³/mol. The van der Waals surface area contributed by atoms with Gasteiger partial charge in [0.05, 0.1) is 23.5 Å². The quantitative estimate of drug-likeness (QED) is 0.258. The molecule has 4 aromatic rings. The second-order valence-electron chi connectivity index (χ2n) is 11.4. The molecule has 1 aliphatic heterocycles. The van der Waals surface area contributed by atoms with Gasteiger partial charge in [0.1, 0.15) is 0 Å². The van der Waals surface area contributed by atoms with E-state index in [-0.39, 0.29) is 10.9 Å². The Balaban J connectivity index is 1.49. The fraction of sp³-hybridized carbons (Fsp3) is 0.314. The van der Waals surface area contributed by atoms with Gasteiger partial charge in [-0.1, -0.05) is 91.0 Å². The molecule has 0 amide bonds. The third-order valence-corrected chi connectivity index (χ3v) is 9.87. The average Bonchev–Trinajstić information content (AvgIpc) is 3.04. The van der Waals surface area contributed by atoms with Gasteiger partial charge in [-0.05, 0) is 66.1 Å². The van der Waals surface area contributed by atoms with E-state index in [1.807, 2.05) is 60.7 Å². The maximum atomic E-state index is 12.8. The predicted octanol–water partition coefficient (Wildman–Crippen LogP) is 5.77. The van der Waals surface area contributed by atoms with E-state index in [1.165, 1.54) is 0 Å². The van der Waals surface area contributed by atoms with E-state index in [1.54, 1.807) is 12.1 Å². The van der Waals surface area contributed by atoms with Crippen molar-refractivity contribution in [2.24, 2.45) is 5.14 Å². The summed E-state index contributed by atoms with van der Waals surface area (Å²) in [4.78, 5) is 2.68. The van der Waals surface area contributed by atoms with Crippen LogP contribution in [0.25, 0.3) is 0 Å². The number of primary sulfonamides is 1. The van der Waals surface area contributed by atoms with Gasteiger partial charge in [-0.3, -0.25) is 4.90 Å². The summed E-state index contributed by atoms with van der Waals surface area (Å²) in [5, 5.41) is 9.63. The van der Waals surface area contributed by atoms with Crippen molar-refractivity contribution in [1.82, 2.24) is 4.90 Å². The molecule has 6 rings (SSSR count). The second-order valence-corrected chi connectivity index (χ2v) is 13.0. The summed E-state index contributed by atoms with van der Waals surface area (Å²) in [5.74, 6) is 0. The minimum absolute atomic E-state index is 0.103. The molecule has 3 N–H and O–H groups in total. The molecule has 0 bridgehead atoms. The fourth-order valence-corrected chi connectivity index (χ4v) is 7.46. The number of anilines is 1. The molecule has 42 heavy (non-hydrogen) atoms. The van der Waals surface area contributed by atoms with E-state index in [2.05, 4.69) is 46.6 Å². The topological polar surface area (TPSA) is 84.7 Å². The van der Waals surface area contributed by atoms with Crippen LogP contribution in [-0.4, -0.2) is 51.7 Å². The first-order valence-corrected chi connectivity index (χ1v) is 16.4. The Kier molecular flexibility index (Phi) is 8.45. The molecule has 0 atom stereocenters. The monoisotopic (exact) mass is 581 g/mol. The SMILES string of the molecule is NS(=O)(=O)c1ccc(NC2CCC(N3CCOCC3)CC2)c(C(c2ccccc2)(c2ccccc2)c2ccccc2)c1. The third-order valence-electron chi connectivity index (χ3n) is 8.96. The molecule has 1 saturated heterocycles. The lowest BCUT2D eigenvalue weighted by Gasteiger charge is -2.41. The molecule has 0 aromatic heterocycles. The largest absolute Gasteiger partial charge is 0.382 e. The molecule has 218 valence electrons. The standard InChI is InChI=1S/C35H39N3O3S/c36-42(39,40)32-20-21-34(37-30-16-18-31(19-17-30)38-22-24-41-25-23-38)33(26-32)35(27-10-4-1-5-11-27,28-12-6-2-7-13-28)29-14-8-3-9-15-29/h1-15,20-21,26,30-31,37H,16-19,22-25H2,(H2,36,39,40). The first kappa shape index (κ1) is 28.6. The van der Waals surface area contributed by atoms with Gasteiger partial charge < -0.3 is 10.1 Å². The highest BCUT2D eigenvalue weighted by molar-refractivity contribution is 7.89. The molecule has 2 fully saturated rings. The zero-order valence-corrected chi connectivity index (χ0v) is 24.7. The molecule has 1 saturated carbocycles. The van der Waals surface area contributed by atoms with Crippen LogP contribution in [0.3, 0.4) is 0 Å². The summed E-state index contributed by atoms with van der Waals surface area (Å²) in [6.45, 7) is 3.66. The zero-order valence-electron chi connectivity index (χ0n) is 23.9. The third kappa shape index (κ3) is 5.75. The highest BCUT2D eigenvalue weighted by Gasteiger charge is 2.41. The Hall–Kier alpha value is -3.49. The van der Waals surface area contributed by atoms with Crippen molar-refractivity contribution in [3.8, 4) is 0 Å². The van der Waals surface area contributed by atoms with Crippen LogP contribution in [0.5, 0.6) is 0 Å². The number of rotatable bonds is 8. The summed E-state index contributed by atoms with van der Waals surface area (Å²) in [6.07, 6.45) is 4.35. The van der Waals surface area contributed by atoms with Gasteiger partial charge in [0, 0.05) is 30.9 Å². The number of sulfonamides is 1. The van der Waals surface area contributed by atoms with E-state index in [0.29, 0.717) is 6.04 Å². The number of hydrogen-bond acceptors (Lipinski definition) is 5. The van der Waals surface area contributed by atoms with Gasteiger partial charge in [-0.15, -0.1) is 0 Å². The van der Waals surface area contributed by atoms with Gasteiger partial charge in [0.25, 0.3) is 0 Å². The molecule has 6 nitrogen and oxygen atoms in total. The molecule has 0 radical (unpaired) electrons.